The fourth-order valence-electron chi connectivity index (χ4n) is 3.12. The van der Waals surface area contributed by atoms with E-state index in [4.69, 9.17) is 0 Å². The average molecular weight is 493 g/mol. The van der Waals surface area contributed by atoms with Crippen LogP contribution in [0.1, 0.15) is 27.3 Å². The summed E-state index contributed by atoms with van der Waals surface area (Å²) in [5.41, 5.74) is 3.85. The summed E-state index contributed by atoms with van der Waals surface area (Å²) in [6.07, 6.45) is 0. The van der Waals surface area contributed by atoms with Crippen LogP contribution in [-0.2, 0) is 12.3 Å². The Morgan fingerprint density at radius 3 is 2.52 bits per heavy atom. The molecule has 31 heavy (non-hydrogen) atoms. The van der Waals surface area contributed by atoms with E-state index in [1.807, 2.05) is 78.2 Å². The maximum absolute atomic E-state index is 12.6. The van der Waals surface area contributed by atoms with Gasteiger partial charge in [-0.15, -0.1) is 10.2 Å². The Balaban J connectivity index is 1.54. The molecule has 0 aliphatic heterocycles. The molecule has 156 valence electrons. The van der Waals surface area contributed by atoms with E-state index in [1.165, 1.54) is 5.56 Å². The minimum atomic E-state index is -0.129. The number of aromatic nitrogens is 3. The Bertz CT molecular complexity index is 1180. The van der Waals surface area contributed by atoms with Gasteiger partial charge < -0.3 is 5.32 Å². The molecule has 7 heteroatoms. The number of amides is 1. The van der Waals surface area contributed by atoms with Crippen molar-refractivity contribution in [2.45, 2.75) is 24.4 Å². The number of aryl methyl sites for hydroxylation is 1. The minimum Gasteiger partial charge on any atom is -0.345 e. The molecular formula is C24H21BrN4OS. The van der Waals surface area contributed by atoms with Crippen molar-refractivity contribution in [1.29, 1.82) is 0 Å². The van der Waals surface area contributed by atoms with Gasteiger partial charge in [0.1, 0.15) is 0 Å². The Hall–Kier alpha value is -2.90. The van der Waals surface area contributed by atoms with Crippen molar-refractivity contribution in [2.24, 2.45) is 0 Å². The summed E-state index contributed by atoms with van der Waals surface area (Å²) in [5.74, 6) is 1.33. The third-order valence-corrected chi connectivity index (χ3v) is 6.21. The molecule has 0 saturated carbocycles. The van der Waals surface area contributed by atoms with Crippen LogP contribution in [0.4, 0.5) is 0 Å². The third-order valence-electron chi connectivity index (χ3n) is 4.68. The van der Waals surface area contributed by atoms with Crippen LogP contribution in [0.25, 0.3) is 5.69 Å². The average Bonchev–Trinajstić information content (AvgIpc) is 3.20. The largest absolute Gasteiger partial charge is 0.345 e. The Kier molecular flexibility index (Phi) is 6.84. The van der Waals surface area contributed by atoms with E-state index in [2.05, 4.69) is 43.6 Å². The predicted molar refractivity (Wildman–Crippen MR) is 127 cm³/mol. The first-order chi connectivity index (χ1) is 15.1. The predicted octanol–water partition coefficient (Wildman–Crippen LogP) is 5.56. The number of carbonyl (C=O) groups excluding carboxylic acids is 1. The molecule has 5 nitrogen and oxygen atoms in total. The van der Waals surface area contributed by atoms with Crippen LogP contribution < -0.4 is 5.32 Å². The smallest absolute Gasteiger partial charge is 0.251 e. The first-order valence-electron chi connectivity index (χ1n) is 9.82. The van der Waals surface area contributed by atoms with E-state index in [1.54, 1.807) is 11.8 Å². The number of nitrogens with one attached hydrogen (secondary N) is 1. The van der Waals surface area contributed by atoms with Crippen LogP contribution >= 0.6 is 27.7 Å². The zero-order chi connectivity index (χ0) is 21.6. The number of thioether (sulfide) groups is 1. The van der Waals surface area contributed by atoms with Crippen LogP contribution in [-0.4, -0.2) is 20.7 Å². The molecule has 0 aliphatic rings. The highest BCUT2D eigenvalue weighted by atomic mass is 79.9. The van der Waals surface area contributed by atoms with Gasteiger partial charge in [-0.2, -0.15) is 0 Å². The molecule has 0 aliphatic carbocycles. The monoisotopic (exact) mass is 492 g/mol. The van der Waals surface area contributed by atoms with Crippen LogP contribution in [0, 0.1) is 6.92 Å². The van der Waals surface area contributed by atoms with Crippen molar-refractivity contribution >= 4 is 33.6 Å². The Morgan fingerprint density at radius 2 is 1.77 bits per heavy atom. The third kappa shape index (κ3) is 5.42. The van der Waals surface area contributed by atoms with Crippen molar-refractivity contribution in [2.75, 3.05) is 0 Å². The van der Waals surface area contributed by atoms with Gasteiger partial charge in [-0.05, 0) is 48.9 Å². The van der Waals surface area contributed by atoms with Gasteiger partial charge in [0.25, 0.3) is 5.91 Å². The van der Waals surface area contributed by atoms with Gasteiger partial charge in [-0.25, -0.2) is 0 Å². The van der Waals surface area contributed by atoms with Crippen molar-refractivity contribution in [3.05, 3.63) is 106 Å². The van der Waals surface area contributed by atoms with Crippen LogP contribution in [0.3, 0.4) is 0 Å². The lowest BCUT2D eigenvalue weighted by Gasteiger charge is -2.11. The van der Waals surface area contributed by atoms with E-state index in [9.17, 15) is 4.79 Å². The lowest BCUT2D eigenvalue weighted by Crippen LogP contribution is -2.24. The minimum absolute atomic E-state index is 0.129. The molecule has 3 aromatic carbocycles. The molecule has 4 rings (SSSR count). The molecule has 1 N–H and O–H groups in total. The molecule has 0 saturated heterocycles. The van der Waals surface area contributed by atoms with Gasteiger partial charge in [0.2, 0.25) is 0 Å². The fraction of sp³-hybridized carbons (Fsp3) is 0.125. The van der Waals surface area contributed by atoms with E-state index >= 15 is 0 Å². The van der Waals surface area contributed by atoms with E-state index in [0.29, 0.717) is 11.4 Å². The quantitative estimate of drug-likeness (QED) is 0.343. The van der Waals surface area contributed by atoms with Gasteiger partial charge in [0.05, 0.1) is 6.54 Å². The number of benzene rings is 3. The summed E-state index contributed by atoms with van der Waals surface area (Å²) in [5, 5.41) is 12.5. The molecule has 0 bridgehead atoms. The SMILES string of the molecule is Cc1cccc(C(=O)NCc2nnc(SCc3ccc(Br)cc3)n2-c2ccccc2)c1. The Labute approximate surface area is 194 Å². The number of hydrogen-bond donors (Lipinski definition) is 1. The molecule has 0 spiro atoms. The van der Waals surface area contributed by atoms with Gasteiger partial charge in [-0.1, -0.05) is 75.7 Å². The van der Waals surface area contributed by atoms with Crippen LogP contribution in [0.5, 0.6) is 0 Å². The van der Waals surface area contributed by atoms with E-state index < -0.39 is 0 Å². The highest BCUT2D eigenvalue weighted by molar-refractivity contribution is 9.10. The fourth-order valence-corrected chi connectivity index (χ4v) is 4.31. The summed E-state index contributed by atoms with van der Waals surface area (Å²) in [6.45, 7) is 2.26. The number of hydrogen-bond acceptors (Lipinski definition) is 4. The standard InChI is InChI=1S/C24H21BrN4OS/c1-17-6-5-7-19(14-17)23(30)26-15-22-27-28-24(29(22)21-8-3-2-4-9-21)31-16-18-10-12-20(25)13-11-18/h2-14H,15-16H2,1H3,(H,26,30). The normalized spacial score (nSPS) is 10.8. The van der Waals surface area contributed by atoms with E-state index in [0.717, 1.165) is 26.6 Å². The maximum Gasteiger partial charge on any atom is 0.251 e. The highest BCUT2D eigenvalue weighted by Gasteiger charge is 2.16. The molecule has 1 aromatic heterocycles. The lowest BCUT2D eigenvalue weighted by molar-refractivity contribution is 0.0949. The van der Waals surface area contributed by atoms with Crippen molar-refractivity contribution < 1.29 is 4.79 Å². The Morgan fingerprint density at radius 1 is 1.00 bits per heavy atom. The molecule has 0 fully saturated rings. The van der Waals surface area contributed by atoms with E-state index in [-0.39, 0.29) is 12.5 Å². The van der Waals surface area contributed by atoms with Crippen LogP contribution in [0.15, 0.2) is 88.5 Å². The molecular weight excluding hydrogens is 472 g/mol. The van der Waals surface area contributed by atoms with Gasteiger partial charge in [0, 0.05) is 21.5 Å². The number of nitrogens with zero attached hydrogens (tertiary/aromatic N) is 3. The summed E-state index contributed by atoms with van der Waals surface area (Å²) in [4.78, 5) is 12.6. The lowest BCUT2D eigenvalue weighted by atomic mass is 10.1. The van der Waals surface area contributed by atoms with Crippen molar-refractivity contribution in [3.63, 3.8) is 0 Å². The number of para-hydroxylation sites is 1. The van der Waals surface area contributed by atoms with Gasteiger partial charge >= 0.3 is 0 Å². The van der Waals surface area contributed by atoms with Crippen molar-refractivity contribution in [1.82, 2.24) is 20.1 Å². The zero-order valence-electron chi connectivity index (χ0n) is 17.0. The highest BCUT2D eigenvalue weighted by Crippen LogP contribution is 2.26. The molecule has 0 unspecified atom stereocenters. The summed E-state index contributed by atoms with van der Waals surface area (Å²) < 4.78 is 3.06. The topological polar surface area (TPSA) is 59.8 Å². The van der Waals surface area contributed by atoms with Crippen molar-refractivity contribution in [3.8, 4) is 5.69 Å². The van der Waals surface area contributed by atoms with Gasteiger partial charge in [-0.3, -0.25) is 9.36 Å². The van der Waals surface area contributed by atoms with Gasteiger partial charge in [0.15, 0.2) is 11.0 Å². The number of halogens is 1. The molecule has 1 amide bonds. The molecule has 0 atom stereocenters. The second kappa shape index (κ2) is 9.94. The second-order valence-corrected chi connectivity index (χ2v) is 8.90. The number of carbonyl (C=O) groups is 1. The molecule has 0 radical (unpaired) electrons. The summed E-state index contributed by atoms with van der Waals surface area (Å²) in [6, 6.07) is 25.7. The maximum atomic E-state index is 12.6. The zero-order valence-corrected chi connectivity index (χ0v) is 19.4. The molecule has 4 aromatic rings. The first kappa shape index (κ1) is 21.3. The van der Waals surface area contributed by atoms with Crippen LogP contribution in [0.2, 0.25) is 0 Å². The summed E-state index contributed by atoms with van der Waals surface area (Å²) in [7, 11) is 0. The summed E-state index contributed by atoms with van der Waals surface area (Å²) >= 11 is 5.08. The number of rotatable bonds is 7. The second-order valence-electron chi connectivity index (χ2n) is 7.04. The molecule has 1 heterocycles. The first-order valence-corrected chi connectivity index (χ1v) is 11.6.